The quantitative estimate of drug-likeness (QED) is 0.298. The smallest absolute Gasteiger partial charge is 0.0159 e. The molecule has 0 unspecified atom stereocenters. The van der Waals surface area contributed by atoms with E-state index in [1.807, 2.05) is 55.4 Å². The number of benzene rings is 3. The lowest BCUT2D eigenvalue weighted by Crippen LogP contribution is -2.14. The van der Waals surface area contributed by atoms with E-state index in [1.54, 1.807) is 0 Å². The van der Waals surface area contributed by atoms with E-state index in [0.29, 0.717) is 11.8 Å². The van der Waals surface area contributed by atoms with Gasteiger partial charge in [0.25, 0.3) is 0 Å². The van der Waals surface area contributed by atoms with Crippen molar-refractivity contribution >= 4 is 0 Å². The van der Waals surface area contributed by atoms with E-state index < -0.39 is 0 Å². The molecule has 0 atom stereocenters. The van der Waals surface area contributed by atoms with Crippen LogP contribution in [0.1, 0.15) is 172 Å². The van der Waals surface area contributed by atoms with Crippen LogP contribution in [0.2, 0.25) is 0 Å². The van der Waals surface area contributed by atoms with Gasteiger partial charge in [-0.2, -0.15) is 0 Å². The summed E-state index contributed by atoms with van der Waals surface area (Å²) in [5.41, 5.74) is 11.3. The Kier molecular flexibility index (Phi) is 25.5. The molecule has 3 aromatic carbocycles. The van der Waals surface area contributed by atoms with Crippen LogP contribution < -0.4 is 0 Å². The minimum Gasteiger partial charge on any atom is -0.0683 e. The fraction of sp³-hybridized carbons (Fsp3) is 0.561. The zero-order valence-corrected chi connectivity index (χ0v) is 30.8. The Morgan fingerprint density at radius 3 is 1.34 bits per heavy atom. The maximum Gasteiger partial charge on any atom is 0.0159 e. The predicted molar refractivity (Wildman–Crippen MR) is 195 cm³/mol. The molecule has 0 amide bonds. The Morgan fingerprint density at radius 2 is 0.878 bits per heavy atom. The standard InChI is InChI=1S/C27H30.2C3H8.4C2H6/c1-17(2)21-13-11-19(15-24(21)18(3)4)20-12-14-23-22-9-7-8-10-25(22)27(5,6)26(23)16-20;2*1-3-2;4*1-2/h7-18H,1-6H3;2*3H2,1-2H3;4*1-2H3. The molecule has 0 spiro atoms. The topological polar surface area (TPSA) is 0 Å². The summed E-state index contributed by atoms with van der Waals surface area (Å²) < 4.78 is 0. The first-order chi connectivity index (χ1) is 19.6. The van der Waals surface area contributed by atoms with E-state index in [0.717, 1.165) is 0 Å². The molecular weight excluding hydrogens is 492 g/mol. The lowest BCUT2D eigenvalue weighted by molar-refractivity contribution is 0.660. The van der Waals surface area contributed by atoms with E-state index in [9.17, 15) is 0 Å². The summed E-state index contributed by atoms with van der Waals surface area (Å²) in [5, 5.41) is 0. The molecule has 0 nitrogen and oxygen atoms in total. The van der Waals surface area contributed by atoms with Crippen molar-refractivity contribution in [2.24, 2.45) is 0 Å². The number of hydrogen-bond donors (Lipinski definition) is 0. The van der Waals surface area contributed by atoms with Gasteiger partial charge in [0.05, 0.1) is 0 Å². The molecule has 3 aromatic rings. The molecule has 0 fully saturated rings. The highest BCUT2D eigenvalue weighted by Crippen LogP contribution is 2.49. The predicted octanol–water partition coefficient (Wildman–Crippen LogP) is 14.8. The SMILES string of the molecule is CC.CC.CC.CC.CC(C)c1ccc(-c2ccc3c(c2)C(C)(C)c2ccccc2-3)cc1C(C)C.CCC.CCC. The summed E-state index contributed by atoms with van der Waals surface area (Å²) in [5.74, 6) is 1.10. The largest absolute Gasteiger partial charge is 0.0683 e. The molecular formula is C41H70. The van der Waals surface area contributed by atoms with E-state index in [2.05, 4.69) is 130 Å². The van der Waals surface area contributed by atoms with Crippen LogP contribution in [0.25, 0.3) is 22.3 Å². The molecule has 234 valence electrons. The molecule has 41 heavy (non-hydrogen) atoms. The molecule has 4 rings (SSSR count). The highest BCUT2D eigenvalue weighted by molar-refractivity contribution is 5.83. The van der Waals surface area contributed by atoms with Gasteiger partial charge in [-0.3, -0.25) is 0 Å². The Bertz CT molecular complexity index is 1030. The number of rotatable bonds is 3. The van der Waals surface area contributed by atoms with Crippen molar-refractivity contribution in [3.63, 3.8) is 0 Å². The van der Waals surface area contributed by atoms with Gasteiger partial charge >= 0.3 is 0 Å². The van der Waals surface area contributed by atoms with Gasteiger partial charge in [-0.25, -0.2) is 0 Å². The highest BCUT2D eigenvalue weighted by atomic mass is 14.4. The van der Waals surface area contributed by atoms with E-state index in [1.165, 1.54) is 57.3 Å². The van der Waals surface area contributed by atoms with Crippen molar-refractivity contribution in [1.29, 1.82) is 0 Å². The average molecular weight is 563 g/mol. The van der Waals surface area contributed by atoms with Crippen molar-refractivity contribution in [2.75, 3.05) is 0 Å². The summed E-state index contributed by atoms with van der Waals surface area (Å²) >= 11 is 0. The summed E-state index contributed by atoms with van der Waals surface area (Å²) in [4.78, 5) is 0. The van der Waals surface area contributed by atoms with Crippen LogP contribution in [0.4, 0.5) is 0 Å². The molecule has 0 saturated heterocycles. The van der Waals surface area contributed by atoms with E-state index in [-0.39, 0.29) is 5.41 Å². The van der Waals surface area contributed by atoms with Gasteiger partial charge in [-0.15, -0.1) is 0 Å². The average Bonchev–Trinajstić information content (AvgIpc) is 3.23. The van der Waals surface area contributed by atoms with Gasteiger partial charge in [-0.05, 0) is 62.4 Å². The molecule has 1 aliphatic rings. The second-order valence-electron chi connectivity index (χ2n) is 10.5. The van der Waals surface area contributed by atoms with E-state index >= 15 is 0 Å². The third-order valence-electron chi connectivity index (χ3n) is 6.25. The van der Waals surface area contributed by atoms with Crippen molar-refractivity contribution in [3.05, 3.63) is 82.9 Å². The van der Waals surface area contributed by atoms with Gasteiger partial charge in [0, 0.05) is 5.41 Å². The first kappa shape index (κ1) is 43.1. The Hall–Kier alpha value is -2.34. The highest BCUT2D eigenvalue weighted by Gasteiger charge is 2.35. The van der Waals surface area contributed by atoms with Gasteiger partial charge in [0.15, 0.2) is 0 Å². The summed E-state index contributed by atoms with van der Waals surface area (Å²) in [6, 6.07) is 22.9. The van der Waals surface area contributed by atoms with Gasteiger partial charge in [0.2, 0.25) is 0 Å². The van der Waals surface area contributed by atoms with Gasteiger partial charge in [-0.1, -0.05) is 192 Å². The lowest BCUT2D eigenvalue weighted by atomic mass is 9.81. The molecule has 0 aliphatic heterocycles. The van der Waals surface area contributed by atoms with Crippen molar-refractivity contribution in [2.45, 2.75) is 155 Å². The van der Waals surface area contributed by atoms with Crippen LogP contribution in [0.5, 0.6) is 0 Å². The second kappa shape index (κ2) is 24.3. The molecule has 0 heterocycles. The van der Waals surface area contributed by atoms with Gasteiger partial charge in [0.1, 0.15) is 0 Å². The Balaban J connectivity index is -0.000000893. The monoisotopic (exact) mass is 563 g/mol. The first-order valence-corrected chi connectivity index (χ1v) is 17.0. The minimum absolute atomic E-state index is 0.0562. The third-order valence-corrected chi connectivity index (χ3v) is 6.25. The molecule has 0 bridgehead atoms. The molecule has 0 radical (unpaired) electrons. The van der Waals surface area contributed by atoms with Crippen LogP contribution in [-0.2, 0) is 5.41 Å². The zero-order valence-electron chi connectivity index (χ0n) is 30.8. The van der Waals surface area contributed by atoms with Crippen molar-refractivity contribution in [3.8, 4) is 22.3 Å². The summed E-state index contributed by atoms with van der Waals surface area (Å²) in [6.07, 6.45) is 2.50. The van der Waals surface area contributed by atoms with Crippen LogP contribution >= 0.6 is 0 Å². The Morgan fingerprint density at radius 1 is 0.488 bits per heavy atom. The van der Waals surface area contributed by atoms with Gasteiger partial charge < -0.3 is 0 Å². The Labute approximate surface area is 259 Å². The normalized spacial score (nSPS) is 11.0. The van der Waals surface area contributed by atoms with Crippen molar-refractivity contribution < 1.29 is 0 Å². The minimum atomic E-state index is 0.0562. The molecule has 0 N–H and O–H groups in total. The number of fused-ring (bicyclic) bond motifs is 3. The van der Waals surface area contributed by atoms with Crippen LogP contribution in [0.15, 0.2) is 60.7 Å². The van der Waals surface area contributed by atoms with Crippen molar-refractivity contribution in [1.82, 2.24) is 0 Å². The molecule has 0 heteroatoms. The summed E-state index contributed by atoms with van der Waals surface area (Å²) in [6.45, 7) is 38.4. The second-order valence-corrected chi connectivity index (χ2v) is 10.5. The van der Waals surface area contributed by atoms with E-state index in [4.69, 9.17) is 0 Å². The molecule has 1 aliphatic carbocycles. The maximum absolute atomic E-state index is 2.42. The molecule has 0 aromatic heterocycles. The fourth-order valence-corrected chi connectivity index (χ4v) is 4.66. The maximum atomic E-state index is 2.42. The zero-order chi connectivity index (χ0) is 32.8. The first-order valence-electron chi connectivity index (χ1n) is 17.0. The lowest BCUT2D eigenvalue weighted by Gasteiger charge is -2.22. The van der Waals surface area contributed by atoms with Crippen LogP contribution in [-0.4, -0.2) is 0 Å². The third kappa shape index (κ3) is 12.2. The summed E-state index contributed by atoms with van der Waals surface area (Å²) in [7, 11) is 0. The van der Waals surface area contributed by atoms with Crippen LogP contribution in [0, 0.1) is 0 Å². The number of hydrogen-bond acceptors (Lipinski definition) is 0. The fourth-order valence-electron chi connectivity index (χ4n) is 4.66. The molecule has 0 saturated carbocycles. The van der Waals surface area contributed by atoms with Crippen LogP contribution in [0.3, 0.4) is 0 Å².